The van der Waals surface area contributed by atoms with Crippen molar-refractivity contribution in [2.45, 2.75) is 39.5 Å². The van der Waals surface area contributed by atoms with Gasteiger partial charge in [0.25, 0.3) is 0 Å². The maximum Gasteiger partial charge on any atom is 0.416 e. The first-order valence-corrected chi connectivity index (χ1v) is 8.86. The molecular weight excluding hydrogens is 488 g/mol. The van der Waals surface area contributed by atoms with Crippen molar-refractivity contribution in [1.29, 1.82) is 0 Å². The SMILES string of the molecule is CCNC(=NCC(CC)Oc1cccc(C(F)(F)F)c1)NCCNC(C)=O.I. The summed E-state index contributed by atoms with van der Waals surface area (Å²) in [5, 5.41) is 8.80. The van der Waals surface area contributed by atoms with Crippen LogP contribution in [0.4, 0.5) is 13.2 Å². The first-order chi connectivity index (χ1) is 12.8. The predicted molar refractivity (Wildman–Crippen MR) is 114 cm³/mol. The summed E-state index contributed by atoms with van der Waals surface area (Å²) in [6.07, 6.45) is -4.18. The molecule has 0 saturated heterocycles. The van der Waals surface area contributed by atoms with Crippen LogP contribution >= 0.6 is 24.0 Å². The number of carbonyl (C=O) groups excluding carboxylic acids is 1. The third-order valence-electron chi connectivity index (χ3n) is 3.51. The number of benzene rings is 1. The van der Waals surface area contributed by atoms with Crippen molar-refractivity contribution in [2.75, 3.05) is 26.2 Å². The van der Waals surface area contributed by atoms with Gasteiger partial charge in [-0.2, -0.15) is 13.2 Å². The molecule has 1 rings (SSSR count). The molecule has 0 radical (unpaired) electrons. The van der Waals surface area contributed by atoms with Gasteiger partial charge in [0.15, 0.2) is 5.96 Å². The normalized spacial score (nSPS) is 12.6. The summed E-state index contributed by atoms with van der Waals surface area (Å²) in [7, 11) is 0. The van der Waals surface area contributed by atoms with Crippen molar-refractivity contribution in [3.63, 3.8) is 0 Å². The summed E-state index contributed by atoms with van der Waals surface area (Å²) >= 11 is 0. The van der Waals surface area contributed by atoms with E-state index in [2.05, 4.69) is 20.9 Å². The van der Waals surface area contributed by atoms with Crippen LogP contribution in [0.1, 0.15) is 32.8 Å². The van der Waals surface area contributed by atoms with Gasteiger partial charge < -0.3 is 20.7 Å². The van der Waals surface area contributed by atoms with Crippen LogP contribution in [0.3, 0.4) is 0 Å². The Hall–Kier alpha value is -1.72. The van der Waals surface area contributed by atoms with Gasteiger partial charge in [-0.1, -0.05) is 13.0 Å². The maximum atomic E-state index is 12.8. The molecule has 160 valence electrons. The van der Waals surface area contributed by atoms with Crippen molar-refractivity contribution in [1.82, 2.24) is 16.0 Å². The molecule has 0 spiro atoms. The predicted octanol–water partition coefficient (Wildman–Crippen LogP) is 3.17. The van der Waals surface area contributed by atoms with Crippen molar-refractivity contribution >= 4 is 35.8 Å². The molecule has 0 heterocycles. The van der Waals surface area contributed by atoms with E-state index >= 15 is 0 Å². The van der Waals surface area contributed by atoms with E-state index in [1.54, 1.807) is 0 Å². The summed E-state index contributed by atoms with van der Waals surface area (Å²) in [5.41, 5.74) is -0.744. The Bertz CT molecular complexity index is 627. The number of carbonyl (C=O) groups is 1. The second-order valence-electron chi connectivity index (χ2n) is 5.80. The monoisotopic (exact) mass is 516 g/mol. The summed E-state index contributed by atoms with van der Waals surface area (Å²) in [4.78, 5) is 15.3. The van der Waals surface area contributed by atoms with E-state index in [-0.39, 0.29) is 48.3 Å². The molecule has 0 aromatic heterocycles. The molecule has 0 aliphatic carbocycles. The van der Waals surface area contributed by atoms with Gasteiger partial charge in [0, 0.05) is 26.6 Å². The Balaban J connectivity index is 0.00000729. The van der Waals surface area contributed by atoms with Gasteiger partial charge in [-0.05, 0) is 31.5 Å². The van der Waals surface area contributed by atoms with E-state index in [0.29, 0.717) is 32.0 Å². The average molecular weight is 516 g/mol. The van der Waals surface area contributed by atoms with Gasteiger partial charge in [-0.3, -0.25) is 4.79 Å². The standard InChI is InChI=1S/C18H27F3N4O2.HI/c1-4-15(27-16-8-6-7-14(11-16)18(19,20)21)12-25-17(22-5-2)24-10-9-23-13(3)26;/h6-8,11,15H,4-5,9-10,12H2,1-3H3,(H,23,26)(H2,22,24,25);1H. The van der Waals surface area contributed by atoms with Crippen LogP contribution in [-0.2, 0) is 11.0 Å². The topological polar surface area (TPSA) is 74.8 Å². The van der Waals surface area contributed by atoms with E-state index < -0.39 is 11.7 Å². The number of alkyl halides is 3. The molecule has 0 aliphatic rings. The van der Waals surface area contributed by atoms with Crippen molar-refractivity contribution in [2.24, 2.45) is 4.99 Å². The zero-order chi connectivity index (χ0) is 20.3. The largest absolute Gasteiger partial charge is 0.488 e. The second kappa shape index (κ2) is 13.5. The van der Waals surface area contributed by atoms with Crippen LogP contribution in [0.25, 0.3) is 0 Å². The molecule has 0 aliphatic heterocycles. The molecular formula is C18H28F3IN4O2. The number of nitrogens with zero attached hydrogens (tertiary/aromatic N) is 1. The van der Waals surface area contributed by atoms with Gasteiger partial charge in [-0.25, -0.2) is 4.99 Å². The molecule has 10 heteroatoms. The fourth-order valence-electron chi connectivity index (χ4n) is 2.14. The molecule has 1 atom stereocenters. The highest BCUT2D eigenvalue weighted by atomic mass is 127. The van der Waals surface area contributed by atoms with Gasteiger partial charge >= 0.3 is 6.18 Å². The van der Waals surface area contributed by atoms with Crippen molar-refractivity contribution in [3.05, 3.63) is 29.8 Å². The number of amides is 1. The highest BCUT2D eigenvalue weighted by Crippen LogP contribution is 2.31. The third kappa shape index (κ3) is 10.6. The molecule has 0 bridgehead atoms. The van der Waals surface area contributed by atoms with E-state index in [1.807, 2.05) is 13.8 Å². The smallest absolute Gasteiger partial charge is 0.416 e. The lowest BCUT2D eigenvalue weighted by Crippen LogP contribution is -2.41. The van der Waals surface area contributed by atoms with Crippen molar-refractivity contribution < 1.29 is 22.7 Å². The highest BCUT2D eigenvalue weighted by molar-refractivity contribution is 14.0. The lowest BCUT2D eigenvalue weighted by Gasteiger charge is -2.18. The first kappa shape index (κ1) is 26.3. The number of nitrogens with one attached hydrogen (secondary N) is 3. The minimum absolute atomic E-state index is 0. The van der Waals surface area contributed by atoms with Crippen LogP contribution in [0.2, 0.25) is 0 Å². The second-order valence-corrected chi connectivity index (χ2v) is 5.80. The minimum atomic E-state index is -4.41. The van der Waals surface area contributed by atoms with Crippen LogP contribution < -0.4 is 20.7 Å². The maximum absolute atomic E-state index is 12.8. The quantitative estimate of drug-likeness (QED) is 0.204. The zero-order valence-corrected chi connectivity index (χ0v) is 18.6. The molecule has 1 aromatic rings. The minimum Gasteiger partial charge on any atom is -0.488 e. The van der Waals surface area contributed by atoms with Crippen LogP contribution in [0, 0.1) is 0 Å². The summed E-state index contributed by atoms with van der Waals surface area (Å²) < 4.78 is 44.1. The number of hydrogen-bond acceptors (Lipinski definition) is 3. The lowest BCUT2D eigenvalue weighted by atomic mass is 10.2. The van der Waals surface area contributed by atoms with Crippen LogP contribution in [0.5, 0.6) is 5.75 Å². The number of guanidine groups is 1. The fourth-order valence-corrected chi connectivity index (χ4v) is 2.14. The van der Waals surface area contributed by atoms with Gasteiger partial charge in [0.2, 0.25) is 5.91 Å². The Kier molecular flexibility index (Phi) is 12.6. The Labute approximate surface area is 180 Å². The lowest BCUT2D eigenvalue weighted by molar-refractivity contribution is -0.137. The molecule has 1 amide bonds. The first-order valence-electron chi connectivity index (χ1n) is 8.86. The molecule has 1 aromatic carbocycles. The summed E-state index contributed by atoms with van der Waals surface area (Å²) in [6, 6.07) is 4.82. The molecule has 28 heavy (non-hydrogen) atoms. The third-order valence-corrected chi connectivity index (χ3v) is 3.51. The number of hydrogen-bond donors (Lipinski definition) is 3. The van der Waals surface area contributed by atoms with E-state index in [9.17, 15) is 18.0 Å². The van der Waals surface area contributed by atoms with E-state index in [1.165, 1.54) is 19.1 Å². The highest BCUT2D eigenvalue weighted by Gasteiger charge is 2.30. The Morgan fingerprint density at radius 2 is 1.86 bits per heavy atom. The van der Waals surface area contributed by atoms with Gasteiger partial charge in [0.1, 0.15) is 11.9 Å². The Morgan fingerprint density at radius 1 is 1.18 bits per heavy atom. The average Bonchev–Trinajstić information content (AvgIpc) is 2.61. The summed E-state index contributed by atoms with van der Waals surface area (Å²) in [6.45, 7) is 7.12. The van der Waals surface area contributed by atoms with Gasteiger partial charge in [0.05, 0.1) is 12.1 Å². The van der Waals surface area contributed by atoms with E-state index in [0.717, 1.165) is 12.1 Å². The van der Waals surface area contributed by atoms with E-state index in [4.69, 9.17) is 4.74 Å². The number of aliphatic imine (C=N–C) groups is 1. The van der Waals surface area contributed by atoms with Crippen LogP contribution in [0.15, 0.2) is 29.3 Å². The van der Waals surface area contributed by atoms with Gasteiger partial charge in [-0.15, -0.1) is 24.0 Å². The molecule has 6 nitrogen and oxygen atoms in total. The molecule has 0 fully saturated rings. The van der Waals surface area contributed by atoms with Crippen molar-refractivity contribution in [3.8, 4) is 5.75 Å². The molecule has 1 unspecified atom stereocenters. The van der Waals surface area contributed by atoms with Crippen LogP contribution in [-0.4, -0.2) is 44.1 Å². The number of ether oxygens (including phenoxy) is 1. The Morgan fingerprint density at radius 3 is 2.43 bits per heavy atom. The molecule has 3 N–H and O–H groups in total. The number of rotatable bonds is 9. The molecule has 0 saturated carbocycles. The zero-order valence-electron chi connectivity index (χ0n) is 16.2. The fraction of sp³-hybridized carbons (Fsp3) is 0.556. The summed E-state index contributed by atoms with van der Waals surface area (Å²) in [5.74, 6) is 0.601. The number of halogens is 4.